The van der Waals surface area contributed by atoms with E-state index in [1.165, 1.54) is 30.6 Å². The van der Waals surface area contributed by atoms with Gasteiger partial charge in [0, 0.05) is 11.6 Å². The molecule has 1 saturated carbocycles. The van der Waals surface area contributed by atoms with Gasteiger partial charge in [0.05, 0.1) is 5.69 Å². The van der Waals surface area contributed by atoms with E-state index in [9.17, 15) is 9.59 Å². The van der Waals surface area contributed by atoms with Crippen molar-refractivity contribution in [3.05, 3.63) is 51.7 Å². The minimum atomic E-state index is -0.194. The highest BCUT2D eigenvalue weighted by Crippen LogP contribution is 2.24. The third-order valence-corrected chi connectivity index (χ3v) is 5.29. The van der Waals surface area contributed by atoms with E-state index < -0.39 is 0 Å². The summed E-state index contributed by atoms with van der Waals surface area (Å²) in [4.78, 5) is 25.4. The lowest BCUT2D eigenvalue weighted by molar-refractivity contribution is 0.0932. The molecular formula is C19H22N2O2S. The van der Waals surface area contributed by atoms with Gasteiger partial charge >= 0.3 is 0 Å². The molecule has 0 atom stereocenters. The average Bonchev–Trinajstić information content (AvgIpc) is 3.04. The van der Waals surface area contributed by atoms with Gasteiger partial charge < -0.3 is 10.6 Å². The number of carbonyl (C=O) groups excluding carboxylic acids is 2. The molecule has 0 radical (unpaired) electrons. The number of anilines is 1. The van der Waals surface area contributed by atoms with Crippen LogP contribution in [0.1, 0.15) is 57.7 Å². The smallest absolute Gasteiger partial charge is 0.263 e. The molecule has 0 aliphatic heterocycles. The quantitative estimate of drug-likeness (QED) is 0.867. The molecular weight excluding hydrogens is 320 g/mol. The predicted octanol–water partition coefficient (Wildman–Crippen LogP) is 4.37. The fourth-order valence-corrected chi connectivity index (χ4v) is 3.73. The van der Waals surface area contributed by atoms with E-state index >= 15 is 0 Å². The summed E-state index contributed by atoms with van der Waals surface area (Å²) in [7, 11) is 0. The highest BCUT2D eigenvalue weighted by Gasteiger charge is 2.20. The number of carbonyl (C=O) groups is 2. The second kappa shape index (κ2) is 7.62. The van der Waals surface area contributed by atoms with Crippen molar-refractivity contribution in [1.29, 1.82) is 0 Å². The van der Waals surface area contributed by atoms with E-state index in [4.69, 9.17) is 0 Å². The van der Waals surface area contributed by atoms with Crippen LogP contribution < -0.4 is 10.6 Å². The van der Waals surface area contributed by atoms with Crippen molar-refractivity contribution in [3.63, 3.8) is 0 Å². The van der Waals surface area contributed by atoms with Gasteiger partial charge in [0.2, 0.25) is 0 Å². The van der Waals surface area contributed by atoms with Crippen LogP contribution in [0.25, 0.3) is 0 Å². The maximum Gasteiger partial charge on any atom is 0.263 e. The van der Waals surface area contributed by atoms with Crippen LogP contribution >= 0.6 is 11.3 Å². The van der Waals surface area contributed by atoms with E-state index in [1.54, 1.807) is 18.2 Å². The number of rotatable bonds is 4. The Morgan fingerprint density at radius 1 is 1.00 bits per heavy atom. The summed E-state index contributed by atoms with van der Waals surface area (Å²) in [5, 5.41) is 7.79. The summed E-state index contributed by atoms with van der Waals surface area (Å²) in [6.07, 6.45) is 5.69. The van der Waals surface area contributed by atoms with Gasteiger partial charge in [-0.2, -0.15) is 0 Å². The second-order valence-electron chi connectivity index (χ2n) is 6.29. The summed E-state index contributed by atoms with van der Waals surface area (Å²) in [6.45, 7) is 1.98. The molecule has 3 rings (SSSR count). The van der Waals surface area contributed by atoms with Gasteiger partial charge in [-0.1, -0.05) is 37.0 Å². The number of aryl methyl sites for hydroxylation is 1. The van der Waals surface area contributed by atoms with E-state index in [1.807, 2.05) is 24.4 Å². The van der Waals surface area contributed by atoms with Crippen LogP contribution in [0.3, 0.4) is 0 Å². The minimum absolute atomic E-state index is 0.0869. The van der Waals surface area contributed by atoms with E-state index in [0.29, 0.717) is 16.1 Å². The van der Waals surface area contributed by atoms with Crippen LogP contribution in [-0.2, 0) is 0 Å². The fourth-order valence-electron chi connectivity index (χ4n) is 2.98. The van der Waals surface area contributed by atoms with Crippen molar-refractivity contribution in [2.45, 2.75) is 45.1 Å². The maximum atomic E-state index is 12.5. The number of nitrogens with one attached hydrogen (secondary N) is 2. The van der Waals surface area contributed by atoms with Crippen molar-refractivity contribution in [2.75, 3.05) is 5.32 Å². The highest BCUT2D eigenvalue weighted by molar-refractivity contribution is 7.12. The van der Waals surface area contributed by atoms with Crippen LogP contribution in [0.5, 0.6) is 0 Å². The number of hydrogen-bond donors (Lipinski definition) is 2. The molecule has 0 spiro atoms. The van der Waals surface area contributed by atoms with Crippen LogP contribution in [0.2, 0.25) is 0 Å². The Bertz CT molecular complexity index is 715. The fraction of sp³-hybridized carbons (Fsp3) is 0.368. The zero-order valence-corrected chi connectivity index (χ0v) is 14.6. The first-order valence-corrected chi connectivity index (χ1v) is 9.28. The van der Waals surface area contributed by atoms with Gasteiger partial charge in [0.1, 0.15) is 4.88 Å². The molecule has 1 aromatic carbocycles. The van der Waals surface area contributed by atoms with Crippen LogP contribution in [0, 0.1) is 6.92 Å². The lowest BCUT2D eigenvalue weighted by Gasteiger charge is -2.22. The zero-order valence-electron chi connectivity index (χ0n) is 13.8. The largest absolute Gasteiger partial charge is 0.349 e. The number of thiophene rings is 1. The molecule has 0 unspecified atom stereocenters. The third-order valence-electron chi connectivity index (χ3n) is 4.37. The molecule has 2 N–H and O–H groups in total. The molecule has 5 heteroatoms. The van der Waals surface area contributed by atoms with Crippen molar-refractivity contribution in [2.24, 2.45) is 0 Å². The predicted molar refractivity (Wildman–Crippen MR) is 97.8 cm³/mol. The molecule has 1 heterocycles. The van der Waals surface area contributed by atoms with Gasteiger partial charge in [-0.15, -0.1) is 11.3 Å². The Kier molecular flexibility index (Phi) is 5.30. The lowest BCUT2D eigenvalue weighted by atomic mass is 9.95. The van der Waals surface area contributed by atoms with Gasteiger partial charge in [0.25, 0.3) is 11.8 Å². The molecule has 2 amide bonds. The van der Waals surface area contributed by atoms with Crippen molar-refractivity contribution in [3.8, 4) is 0 Å². The Hall–Kier alpha value is -2.14. The second-order valence-corrected chi connectivity index (χ2v) is 7.21. The van der Waals surface area contributed by atoms with Crippen LogP contribution in [0.4, 0.5) is 5.69 Å². The summed E-state index contributed by atoms with van der Waals surface area (Å²) >= 11 is 1.36. The number of hydrogen-bond acceptors (Lipinski definition) is 3. The van der Waals surface area contributed by atoms with Gasteiger partial charge in [-0.25, -0.2) is 0 Å². The standard InChI is InChI=1S/C19H22N2O2S/c1-13-7-9-14(10-8-13)18(22)21-16-11-12-24-17(16)19(23)20-15-5-3-2-4-6-15/h7-12,15H,2-6H2,1H3,(H,20,23)(H,21,22). The molecule has 0 bridgehead atoms. The molecule has 1 aliphatic rings. The van der Waals surface area contributed by atoms with Crippen molar-refractivity contribution in [1.82, 2.24) is 5.32 Å². The first-order valence-electron chi connectivity index (χ1n) is 8.40. The zero-order chi connectivity index (χ0) is 16.9. The first-order chi connectivity index (χ1) is 11.6. The molecule has 1 fully saturated rings. The van der Waals surface area contributed by atoms with E-state index in [2.05, 4.69) is 10.6 Å². The van der Waals surface area contributed by atoms with Crippen LogP contribution in [-0.4, -0.2) is 17.9 Å². The molecule has 2 aromatic rings. The summed E-state index contributed by atoms with van der Waals surface area (Å²) in [5.41, 5.74) is 2.28. The van der Waals surface area contributed by atoms with E-state index in [-0.39, 0.29) is 17.9 Å². The molecule has 126 valence electrons. The van der Waals surface area contributed by atoms with Gasteiger partial charge in [-0.05, 0) is 43.3 Å². The maximum absolute atomic E-state index is 12.5. The number of amides is 2. The van der Waals surface area contributed by atoms with Gasteiger partial charge in [0.15, 0.2) is 0 Å². The summed E-state index contributed by atoms with van der Waals surface area (Å²) in [6, 6.07) is 9.43. The normalized spacial score (nSPS) is 15.0. The van der Waals surface area contributed by atoms with Gasteiger partial charge in [-0.3, -0.25) is 9.59 Å². The van der Waals surface area contributed by atoms with E-state index in [0.717, 1.165) is 18.4 Å². The van der Waals surface area contributed by atoms with Crippen LogP contribution in [0.15, 0.2) is 35.7 Å². The summed E-state index contributed by atoms with van der Waals surface area (Å²) in [5.74, 6) is -0.281. The highest BCUT2D eigenvalue weighted by atomic mass is 32.1. The molecule has 1 aromatic heterocycles. The first kappa shape index (κ1) is 16.7. The molecule has 1 aliphatic carbocycles. The molecule has 0 saturated heterocycles. The van der Waals surface area contributed by atoms with Crippen molar-refractivity contribution >= 4 is 28.8 Å². The molecule has 24 heavy (non-hydrogen) atoms. The Balaban J connectivity index is 1.67. The molecule has 4 nitrogen and oxygen atoms in total. The Morgan fingerprint density at radius 3 is 2.42 bits per heavy atom. The topological polar surface area (TPSA) is 58.2 Å². The lowest BCUT2D eigenvalue weighted by Crippen LogP contribution is -2.36. The minimum Gasteiger partial charge on any atom is -0.349 e. The number of benzene rings is 1. The average molecular weight is 342 g/mol. The third kappa shape index (κ3) is 4.03. The van der Waals surface area contributed by atoms with Crippen molar-refractivity contribution < 1.29 is 9.59 Å². The monoisotopic (exact) mass is 342 g/mol. The SMILES string of the molecule is Cc1ccc(C(=O)Nc2ccsc2C(=O)NC2CCCCC2)cc1. The summed E-state index contributed by atoms with van der Waals surface area (Å²) < 4.78 is 0. The Morgan fingerprint density at radius 2 is 1.71 bits per heavy atom. The Labute approximate surface area is 146 Å².